The van der Waals surface area contributed by atoms with Crippen molar-refractivity contribution in [3.05, 3.63) is 11.8 Å². The number of hydrogen-bond donors (Lipinski definition) is 1. The molecule has 3 rings (SSSR count). The molecular formula is C15H24N4O3S. The Hall–Kier alpha value is -1.41. The fourth-order valence-electron chi connectivity index (χ4n) is 3.16. The zero-order valence-corrected chi connectivity index (χ0v) is 14.5. The van der Waals surface area contributed by atoms with Gasteiger partial charge in [0, 0.05) is 12.1 Å². The Kier molecular flexibility index (Phi) is 4.46. The molecule has 0 bridgehead atoms. The van der Waals surface area contributed by atoms with Gasteiger partial charge in [0.1, 0.15) is 5.82 Å². The third kappa shape index (κ3) is 3.92. The van der Waals surface area contributed by atoms with E-state index in [1.54, 1.807) is 10.7 Å². The maximum atomic E-state index is 12.3. The Labute approximate surface area is 137 Å². The van der Waals surface area contributed by atoms with Gasteiger partial charge in [0.15, 0.2) is 9.84 Å². The summed E-state index contributed by atoms with van der Waals surface area (Å²) in [4.78, 5) is 14.5. The SMILES string of the molecule is CCN(CC(=O)Nc1cc(C)nn1[C@H]1CCS(=O)(=O)C1)C1CC1. The van der Waals surface area contributed by atoms with Crippen LogP contribution in [0, 0.1) is 6.92 Å². The van der Waals surface area contributed by atoms with Crippen LogP contribution in [0.5, 0.6) is 0 Å². The third-order valence-electron chi connectivity index (χ3n) is 4.50. The van der Waals surface area contributed by atoms with Crippen molar-refractivity contribution in [2.45, 2.75) is 45.2 Å². The third-order valence-corrected chi connectivity index (χ3v) is 6.25. The normalized spacial score (nSPS) is 23.3. The minimum Gasteiger partial charge on any atom is -0.310 e. The second-order valence-electron chi connectivity index (χ2n) is 6.51. The molecule has 1 saturated heterocycles. The lowest BCUT2D eigenvalue weighted by Crippen LogP contribution is -2.35. The number of nitrogens with one attached hydrogen (secondary N) is 1. The summed E-state index contributed by atoms with van der Waals surface area (Å²) in [5.41, 5.74) is 0.777. The highest BCUT2D eigenvalue weighted by molar-refractivity contribution is 7.91. The Bertz CT molecular complexity index is 694. The predicted octanol–water partition coefficient (Wildman–Crippen LogP) is 0.974. The van der Waals surface area contributed by atoms with Gasteiger partial charge in [-0.05, 0) is 32.7 Å². The molecule has 2 fully saturated rings. The lowest BCUT2D eigenvalue weighted by atomic mass is 10.3. The highest BCUT2D eigenvalue weighted by Gasteiger charge is 2.32. The fraction of sp³-hybridized carbons (Fsp3) is 0.733. The summed E-state index contributed by atoms with van der Waals surface area (Å²) >= 11 is 0. The maximum Gasteiger partial charge on any atom is 0.239 e. The summed E-state index contributed by atoms with van der Waals surface area (Å²) in [6.45, 7) is 5.13. The first-order valence-corrected chi connectivity index (χ1v) is 10.0. The van der Waals surface area contributed by atoms with E-state index in [0.717, 1.165) is 25.1 Å². The first-order valence-electron chi connectivity index (χ1n) is 8.18. The van der Waals surface area contributed by atoms with Crippen molar-refractivity contribution < 1.29 is 13.2 Å². The topological polar surface area (TPSA) is 84.3 Å². The van der Waals surface area contributed by atoms with Crippen molar-refractivity contribution in [1.82, 2.24) is 14.7 Å². The van der Waals surface area contributed by atoms with Crippen LogP contribution in [-0.4, -0.2) is 59.6 Å². The monoisotopic (exact) mass is 340 g/mol. The number of aromatic nitrogens is 2. The molecule has 1 aliphatic heterocycles. The van der Waals surface area contributed by atoms with Gasteiger partial charge in [-0.1, -0.05) is 6.92 Å². The standard InChI is InChI=1S/C15H24N4O3S/c1-3-18(12-4-5-12)9-15(20)16-14-8-11(2)17-19(14)13-6-7-23(21,22)10-13/h8,12-13H,3-7,9-10H2,1-2H3,(H,16,20)/t13-/m0/s1. The minimum atomic E-state index is -2.99. The number of nitrogens with zero attached hydrogens (tertiary/aromatic N) is 3. The molecule has 0 radical (unpaired) electrons. The number of carbonyl (C=O) groups is 1. The van der Waals surface area contributed by atoms with E-state index in [9.17, 15) is 13.2 Å². The number of aryl methyl sites for hydroxylation is 1. The van der Waals surface area contributed by atoms with E-state index in [1.807, 2.05) is 6.92 Å². The zero-order chi connectivity index (χ0) is 16.6. The van der Waals surface area contributed by atoms with E-state index in [2.05, 4.69) is 22.2 Å². The van der Waals surface area contributed by atoms with Crippen molar-refractivity contribution >= 4 is 21.6 Å². The van der Waals surface area contributed by atoms with Gasteiger partial charge in [0.05, 0.1) is 29.8 Å². The van der Waals surface area contributed by atoms with Crippen LogP contribution in [0.25, 0.3) is 0 Å². The quantitative estimate of drug-likeness (QED) is 0.834. The molecule has 1 N–H and O–H groups in total. The molecule has 1 aromatic rings. The highest BCUT2D eigenvalue weighted by atomic mass is 32.2. The molecule has 1 aliphatic carbocycles. The average Bonchev–Trinajstić information content (AvgIpc) is 3.16. The van der Waals surface area contributed by atoms with Gasteiger partial charge in [-0.3, -0.25) is 9.69 Å². The van der Waals surface area contributed by atoms with E-state index in [4.69, 9.17) is 0 Å². The Morgan fingerprint density at radius 1 is 1.43 bits per heavy atom. The summed E-state index contributed by atoms with van der Waals surface area (Å²) in [6.07, 6.45) is 2.88. The lowest BCUT2D eigenvalue weighted by Gasteiger charge is -2.19. The van der Waals surface area contributed by atoms with Gasteiger partial charge in [-0.25, -0.2) is 13.1 Å². The lowest BCUT2D eigenvalue weighted by molar-refractivity contribution is -0.117. The minimum absolute atomic E-state index is 0.0687. The van der Waals surface area contributed by atoms with Gasteiger partial charge in [0.25, 0.3) is 0 Å². The first-order chi connectivity index (χ1) is 10.9. The van der Waals surface area contributed by atoms with Crippen LogP contribution in [0.15, 0.2) is 6.07 Å². The zero-order valence-electron chi connectivity index (χ0n) is 13.7. The van der Waals surface area contributed by atoms with Crippen LogP contribution in [0.3, 0.4) is 0 Å². The van der Waals surface area contributed by atoms with Gasteiger partial charge >= 0.3 is 0 Å². The first kappa shape index (κ1) is 16.4. The van der Waals surface area contributed by atoms with Gasteiger partial charge in [-0.15, -0.1) is 0 Å². The second kappa shape index (κ2) is 6.24. The van der Waals surface area contributed by atoms with Crippen LogP contribution in [0.4, 0.5) is 5.82 Å². The summed E-state index contributed by atoms with van der Waals surface area (Å²) in [7, 11) is -2.99. The second-order valence-corrected chi connectivity index (χ2v) is 8.74. The summed E-state index contributed by atoms with van der Waals surface area (Å²) < 4.78 is 25.0. The molecule has 128 valence electrons. The van der Waals surface area contributed by atoms with E-state index >= 15 is 0 Å². The molecule has 8 heteroatoms. The van der Waals surface area contributed by atoms with Crippen molar-refractivity contribution in [3.63, 3.8) is 0 Å². The summed E-state index contributed by atoms with van der Waals surface area (Å²) in [6, 6.07) is 2.16. The fourth-order valence-corrected chi connectivity index (χ4v) is 4.85. The number of anilines is 1. The van der Waals surface area contributed by atoms with E-state index in [0.29, 0.717) is 24.8 Å². The number of carbonyl (C=O) groups excluding carboxylic acids is 1. The van der Waals surface area contributed by atoms with Gasteiger partial charge in [-0.2, -0.15) is 5.10 Å². The Morgan fingerprint density at radius 3 is 2.74 bits per heavy atom. The van der Waals surface area contributed by atoms with Crippen LogP contribution in [-0.2, 0) is 14.6 Å². The number of amides is 1. The molecule has 1 aromatic heterocycles. The molecule has 1 atom stereocenters. The highest BCUT2D eigenvalue weighted by Crippen LogP contribution is 2.28. The van der Waals surface area contributed by atoms with E-state index in [1.165, 1.54) is 0 Å². The molecular weight excluding hydrogens is 316 g/mol. The largest absolute Gasteiger partial charge is 0.310 e. The van der Waals surface area contributed by atoms with Crippen LogP contribution >= 0.6 is 0 Å². The maximum absolute atomic E-state index is 12.3. The van der Waals surface area contributed by atoms with Gasteiger partial charge in [0.2, 0.25) is 5.91 Å². The van der Waals surface area contributed by atoms with Crippen LogP contribution in [0.2, 0.25) is 0 Å². The van der Waals surface area contributed by atoms with Crippen molar-refractivity contribution in [3.8, 4) is 0 Å². The molecule has 7 nitrogen and oxygen atoms in total. The number of likely N-dealkylation sites (N-methyl/N-ethyl adjacent to an activating group) is 1. The molecule has 1 saturated carbocycles. The molecule has 0 aromatic carbocycles. The number of sulfone groups is 1. The van der Waals surface area contributed by atoms with Crippen molar-refractivity contribution in [2.24, 2.45) is 0 Å². The Morgan fingerprint density at radius 2 is 2.17 bits per heavy atom. The van der Waals surface area contributed by atoms with Crippen LogP contribution in [0.1, 0.15) is 37.9 Å². The van der Waals surface area contributed by atoms with Crippen LogP contribution < -0.4 is 5.32 Å². The number of hydrogen-bond acceptors (Lipinski definition) is 5. The molecule has 1 amide bonds. The van der Waals surface area contributed by atoms with Crippen molar-refractivity contribution in [2.75, 3.05) is 29.9 Å². The molecule has 2 heterocycles. The Balaban J connectivity index is 1.69. The smallest absolute Gasteiger partial charge is 0.239 e. The van der Waals surface area contributed by atoms with Crippen molar-refractivity contribution in [1.29, 1.82) is 0 Å². The number of rotatable bonds is 6. The van der Waals surface area contributed by atoms with E-state index < -0.39 is 9.84 Å². The molecule has 0 unspecified atom stereocenters. The predicted molar refractivity (Wildman–Crippen MR) is 88.2 cm³/mol. The molecule has 0 spiro atoms. The molecule has 2 aliphatic rings. The van der Waals surface area contributed by atoms with Gasteiger partial charge < -0.3 is 5.32 Å². The summed E-state index contributed by atoms with van der Waals surface area (Å²) in [5, 5.41) is 7.29. The van der Waals surface area contributed by atoms with E-state index in [-0.39, 0.29) is 23.5 Å². The molecule has 23 heavy (non-hydrogen) atoms. The average molecular weight is 340 g/mol. The summed E-state index contributed by atoms with van der Waals surface area (Å²) in [5.74, 6) is 0.817.